The van der Waals surface area contributed by atoms with Crippen LogP contribution in [0.15, 0.2) is 133 Å². The van der Waals surface area contributed by atoms with Crippen LogP contribution in [-0.2, 0) is 37.4 Å². The molecule has 0 aliphatic carbocycles. The minimum Gasteiger partial charge on any atom is -0.444 e. The standard InChI is InChI=1S/C16H17NO.C13H13N.C10H14N2O2.C8H15NO3.C8H13NO3.C6H12NO3P.C3H5ClO.ClH/c18-15-11-17(12-15)16(13-7-3-1-4-8-13)14-9-5-2-6-10-14;14-13(11-7-3-1-4-8-11)12-9-5-2-6-10-12;1-10(2,3)14-9(13)12-6-8(7-12)4-5-11;2*1-8(2,3)12-7(11)9-4-6(10)5-9;1-3-9-11(8,6-5-7)10-4-2;4-1-3-2-5-3;/h1-10,15-16,18H,11-12H2;1-10,13H,14H2;4H,6-7H2,1-3H3;6,10H,4-5H2,1-3H3;4-5H2,1-3H3;3-4,6H2,1-2H3;3H,1-2H2;1H. The maximum absolute atomic E-state index is 11.4. The van der Waals surface area contributed by atoms with Crippen LogP contribution in [0.3, 0.4) is 0 Å². The fourth-order valence-corrected chi connectivity index (χ4v) is 9.11. The van der Waals surface area contributed by atoms with Crippen LogP contribution in [-0.4, -0.2) is 173 Å². The Bertz CT molecular complexity index is 2730. The lowest BCUT2D eigenvalue weighted by molar-refractivity contribution is -0.128. The molecule has 5 aliphatic heterocycles. The zero-order valence-corrected chi connectivity index (χ0v) is 54.5. The van der Waals surface area contributed by atoms with Crippen LogP contribution in [0.5, 0.6) is 0 Å². The van der Waals surface area contributed by atoms with Crippen LogP contribution in [0.2, 0.25) is 0 Å². The van der Waals surface area contributed by atoms with Crippen molar-refractivity contribution in [3.8, 4) is 12.1 Å². The van der Waals surface area contributed by atoms with Gasteiger partial charge in [-0.1, -0.05) is 121 Å². The molecule has 1 unspecified atom stereocenters. The van der Waals surface area contributed by atoms with Gasteiger partial charge in [0, 0.05) is 32.3 Å². The number of allylic oxidation sites excluding steroid dienone is 1. The van der Waals surface area contributed by atoms with E-state index in [9.17, 15) is 28.8 Å². The Morgan fingerprint density at radius 1 is 0.644 bits per heavy atom. The quantitative estimate of drug-likeness (QED) is 0.0414. The molecular weight excluding hydrogens is 1180 g/mol. The number of likely N-dealkylation sites (tertiary alicyclic amines) is 4. The highest BCUT2D eigenvalue weighted by atomic mass is 35.5. The second-order valence-corrected chi connectivity index (χ2v) is 25.5. The highest BCUT2D eigenvalue weighted by Crippen LogP contribution is 2.47. The number of carbonyl (C=O) groups is 4. The van der Waals surface area contributed by atoms with E-state index in [1.165, 1.54) is 27.0 Å². The van der Waals surface area contributed by atoms with Crippen molar-refractivity contribution in [1.82, 2.24) is 19.6 Å². The smallest absolute Gasteiger partial charge is 0.411 e. The van der Waals surface area contributed by atoms with Gasteiger partial charge in [0.05, 0.1) is 94.4 Å². The number of benzene rings is 4. The number of hydrogen-bond acceptors (Lipinski definition) is 17. The van der Waals surface area contributed by atoms with E-state index in [1.807, 2.05) is 96.1 Å². The first-order chi connectivity index (χ1) is 40.5. The number of epoxide rings is 1. The van der Waals surface area contributed by atoms with Gasteiger partial charge in [0.25, 0.3) is 0 Å². The van der Waals surface area contributed by atoms with Gasteiger partial charge in [-0.15, -0.1) is 24.0 Å². The lowest BCUT2D eigenvalue weighted by atomic mass is 9.94. The zero-order chi connectivity index (χ0) is 64.1. The summed E-state index contributed by atoms with van der Waals surface area (Å²) in [6.45, 7) is 25.0. The van der Waals surface area contributed by atoms with Crippen LogP contribution >= 0.6 is 31.6 Å². The highest BCUT2D eigenvalue weighted by Gasteiger charge is 2.35. The van der Waals surface area contributed by atoms with Crippen molar-refractivity contribution in [2.75, 3.05) is 84.2 Å². The number of halogens is 2. The molecule has 4 N–H and O–H groups in total. The first-order valence-corrected chi connectivity index (χ1v) is 30.8. The molecule has 5 saturated heterocycles. The summed E-state index contributed by atoms with van der Waals surface area (Å²) in [5.74, 6) is 0.751. The summed E-state index contributed by atoms with van der Waals surface area (Å²) in [7, 11) is -3.08. The van der Waals surface area contributed by atoms with Crippen molar-refractivity contribution < 1.29 is 62.0 Å². The van der Waals surface area contributed by atoms with Crippen molar-refractivity contribution in [3.63, 3.8) is 0 Å². The number of aliphatic hydroxyl groups is 2. The van der Waals surface area contributed by atoms with Crippen LogP contribution in [0.25, 0.3) is 0 Å². The second kappa shape index (κ2) is 38.1. The predicted molar refractivity (Wildman–Crippen MR) is 338 cm³/mol. The number of amides is 3. The second-order valence-electron chi connectivity index (χ2n) is 23.2. The normalized spacial score (nSPS) is 16.0. The molecule has 4 aromatic carbocycles. The van der Waals surface area contributed by atoms with Gasteiger partial charge in [-0.05, 0) is 104 Å². The van der Waals surface area contributed by atoms with E-state index >= 15 is 0 Å². The van der Waals surface area contributed by atoms with Gasteiger partial charge in [-0.2, -0.15) is 10.5 Å². The van der Waals surface area contributed by atoms with Crippen LogP contribution in [0.1, 0.15) is 110 Å². The number of nitrogens with two attached hydrogens (primary N) is 1. The van der Waals surface area contributed by atoms with Gasteiger partial charge < -0.3 is 53.7 Å². The van der Waals surface area contributed by atoms with E-state index in [0.29, 0.717) is 51.4 Å². The molecule has 5 fully saturated rings. The lowest BCUT2D eigenvalue weighted by Gasteiger charge is -2.42. The van der Waals surface area contributed by atoms with Gasteiger partial charge in [0.15, 0.2) is 5.78 Å². The number of carbonyl (C=O) groups excluding carboxylic acids is 4. The maximum Gasteiger partial charge on any atom is 0.411 e. The SMILES string of the molecule is CC(C)(C)OC(=O)N1CC(=CC#N)C1.CC(C)(C)OC(=O)N1CC(=O)C1.CC(C)(C)OC(=O)N1CC(O)C1.CCOP(=O)(CC#N)OCC.Cl.ClCC1CO1.NC(c1ccccc1)c1ccccc1.OC1CN(C(c2ccccc2)c2ccccc2)C1. The summed E-state index contributed by atoms with van der Waals surface area (Å²) < 4.78 is 40.9. The van der Waals surface area contributed by atoms with Gasteiger partial charge in [-0.3, -0.25) is 19.2 Å². The fourth-order valence-electron chi connectivity index (χ4n) is 7.71. The van der Waals surface area contributed by atoms with E-state index in [0.717, 1.165) is 36.4 Å². The first-order valence-electron chi connectivity index (χ1n) is 28.5. The Hall–Kier alpha value is -6.39. The molecule has 4 aromatic rings. The van der Waals surface area contributed by atoms with Crippen molar-refractivity contribution in [3.05, 3.63) is 155 Å². The topological polar surface area (TPSA) is 271 Å². The van der Waals surface area contributed by atoms with Gasteiger partial charge >= 0.3 is 25.9 Å². The monoisotopic (exact) mass is 1270 g/mol. The van der Waals surface area contributed by atoms with E-state index in [-0.39, 0.29) is 73.9 Å². The zero-order valence-electron chi connectivity index (χ0n) is 52.1. The number of nitrogens with zero attached hydrogens (tertiary/aromatic N) is 6. The molecule has 20 nitrogen and oxygen atoms in total. The van der Waals surface area contributed by atoms with E-state index < -0.39 is 30.5 Å². The molecule has 3 amide bonds. The highest BCUT2D eigenvalue weighted by molar-refractivity contribution is 7.54. The number of aliphatic hydroxyl groups excluding tert-OH is 2. The fraction of sp³-hybridized carbons (Fsp3) is 0.500. The number of Topliss-reactive ketones (excluding diaryl/α,β-unsaturated/α-hetero) is 1. The van der Waals surface area contributed by atoms with Gasteiger partial charge in [0.1, 0.15) is 23.0 Å². The molecule has 23 heteroatoms. The molecule has 9 rings (SSSR count). The average Bonchev–Trinajstić information content (AvgIpc) is 1.52. The summed E-state index contributed by atoms with van der Waals surface area (Å²) in [6, 6.07) is 45.2. The molecule has 87 heavy (non-hydrogen) atoms. The molecule has 0 saturated carbocycles. The van der Waals surface area contributed by atoms with Crippen molar-refractivity contribution in [2.24, 2.45) is 5.73 Å². The number of alkyl halides is 1. The predicted octanol–water partition coefficient (Wildman–Crippen LogP) is 11.1. The third kappa shape index (κ3) is 30.9. The van der Waals surface area contributed by atoms with E-state index in [2.05, 4.69) is 77.7 Å². The van der Waals surface area contributed by atoms with Gasteiger partial charge in [0.2, 0.25) is 0 Å². The third-order valence-corrected chi connectivity index (χ3v) is 14.1. The Morgan fingerprint density at radius 3 is 1.26 bits per heavy atom. The largest absolute Gasteiger partial charge is 0.444 e. The lowest BCUT2D eigenvalue weighted by Crippen LogP contribution is -2.54. The molecular formula is C64H90Cl2N7O13P. The minimum absolute atomic E-state index is 0. The minimum atomic E-state index is -3.08. The van der Waals surface area contributed by atoms with E-state index in [1.54, 1.807) is 45.6 Å². The van der Waals surface area contributed by atoms with Crippen LogP contribution < -0.4 is 5.73 Å². The van der Waals surface area contributed by atoms with Crippen LogP contribution in [0, 0.1) is 22.7 Å². The summed E-state index contributed by atoms with van der Waals surface area (Å²) in [4.78, 5) is 51.0. The van der Waals surface area contributed by atoms with Crippen molar-refractivity contribution in [1.29, 1.82) is 10.5 Å². The average molecular weight is 1270 g/mol. The number of β-amino-alcohol motifs (C(OH)–C–C–N with tert-alkyl or cyclic N) is 2. The molecule has 5 heterocycles. The Kier molecular flexibility index (Phi) is 33.6. The summed E-state index contributed by atoms with van der Waals surface area (Å²) >= 11 is 5.27. The maximum atomic E-state index is 11.4. The third-order valence-electron chi connectivity index (χ3n) is 11.9. The van der Waals surface area contributed by atoms with Crippen molar-refractivity contribution in [2.45, 2.75) is 123 Å². The summed E-state index contributed by atoms with van der Waals surface area (Å²) in [6.07, 6.45) is 0.117. The number of hydrogen-bond donors (Lipinski definition) is 3. The Balaban J connectivity index is 0.000000352. The molecule has 0 radical (unpaired) electrons. The van der Waals surface area contributed by atoms with Gasteiger partial charge in [-0.25, -0.2) is 14.4 Å². The van der Waals surface area contributed by atoms with Crippen LogP contribution in [0.4, 0.5) is 14.4 Å². The number of ether oxygens (including phenoxy) is 4. The molecule has 1 atom stereocenters. The molecule has 5 aliphatic rings. The Morgan fingerprint density at radius 2 is 0.989 bits per heavy atom. The number of ketones is 1. The first kappa shape index (κ1) is 76.7. The molecule has 478 valence electrons. The summed E-state index contributed by atoms with van der Waals surface area (Å²) in [5.41, 5.74) is 10.6. The molecule has 0 bridgehead atoms. The molecule has 0 aromatic heterocycles. The Labute approximate surface area is 526 Å². The van der Waals surface area contributed by atoms with E-state index in [4.69, 9.17) is 61.0 Å². The number of nitriles is 2. The number of rotatable bonds is 11. The summed E-state index contributed by atoms with van der Waals surface area (Å²) in [5, 5.41) is 35.1. The van der Waals surface area contributed by atoms with Crippen molar-refractivity contribution >= 4 is 55.7 Å². The molecule has 0 spiro atoms.